The molecule has 0 saturated carbocycles. The van der Waals surface area contributed by atoms with Gasteiger partial charge in [-0.1, -0.05) is 84.6 Å². The molecule has 0 aromatic heterocycles. The maximum atomic E-state index is 12.2. The highest BCUT2D eigenvalue weighted by Gasteiger charge is 2.20. The molecule has 1 aliphatic heterocycles. The monoisotopic (exact) mass is 559 g/mol. The van der Waals surface area contributed by atoms with Gasteiger partial charge in [0.15, 0.2) is 5.17 Å². The van der Waals surface area contributed by atoms with E-state index < -0.39 is 5.97 Å². The maximum absolute atomic E-state index is 12.2. The number of hydrogen-bond donors (Lipinski definition) is 3. The minimum absolute atomic E-state index is 0.162. The van der Waals surface area contributed by atoms with E-state index in [1.165, 1.54) is 27.8 Å². The van der Waals surface area contributed by atoms with E-state index >= 15 is 0 Å². The number of aliphatic carboxylic acids is 1. The Kier molecular flexibility index (Phi) is 8.46. The van der Waals surface area contributed by atoms with Crippen LogP contribution < -0.4 is 10.6 Å². The average Bonchev–Trinajstić information content (AvgIpc) is 3.33. The van der Waals surface area contributed by atoms with E-state index in [2.05, 4.69) is 102 Å². The molecule has 0 saturated heterocycles. The van der Waals surface area contributed by atoms with Crippen molar-refractivity contribution in [1.82, 2.24) is 5.32 Å². The van der Waals surface area contributed by atoms with Crippen molar-refractivity contribution in [1.29, 1.82) is 0 Å². The zero-order valence-electron chi connectivity index (χ0n) is 22.7. The van der Waals surface area contributed by atoms with Gasteiger partial charge in [-0.15, -0.1) is 0 Å². The lowest BCUT2D eigenvalue weighted by Gasteiger charge is -2.12. The summed E-state index contributed by atoms with van der Waals surface area (Å²) in [6.45, 7) is 4.27. The number of carboxylic acid groups (broad SMARTS) is 1. The summed E-state index contributed by atoms with van der Waals surface area (Å²) in [4.78, 5) is 27.1. The molecule has 3 N–H and O–H groups in total. The van der Waals surface area contributed by atoms with Crippen LogP contribution in [0.3, 0.4) is 0 Å². The highest BCUT2D eigenvalue weighted by molar-refractivity contribution is 8.14. The van der Waals surface area contributed by atoms with Crippen LogP contribution in [0.2, 0.25) is 0 Å². The number of nitrogens with one attached hydrogen (secondary N) is 2. The Morgan fingerprint density at radius 3 is 2.15 bits per heavy atom. The van der Waals surface area contributed by atoms with Gasteiger partial charge in [0, 0.05) is 11.4 Å². The smallest absolute Gasteiger partial charge is 0.313 e. The second-order valence-electron chi connectivity index (χ2n) is 9.68. The van der Waals surface area contributed by atoms with Crippen LogP contribution in [-0.2, 0) is 9.59 Å². The van der Waals surface area contributed by atoms with Crippen LogP contribution in [0.4, 0.5) is 11.4 Å². The second-order valence-corrected chi connectivity index (χ2v) is 10.6. The first kappa shape index (κ1) is 27.7. The Bertz CT molecular complexity index is 1670. The summed E-state index contributed by atoms with van der Waals surface area (Å²) >= 11 is 0.981. The molecule has 1 heterocycles. The molecule has 4 aromatic rings. The molecule has 4 aromatic carbocycles. The predicted molar refractivity (Wildman–Crippen MR) is 169 cm³/mol. The number of anilines is 2. The number of aryl methyl sites for hydroxylation is 2. The van der Waals surface area contributed by atoms with Gasteiger partial charge in [0.2, 0.25) is 0 Å². The Labute approximate surface area is 243 Å². The number of rotatable bonds is 8. The van der Waals surface area contributed by atoms with Crippen molar-refractivity contribution in [2.75, 3.05) is 11.1 Å². The third-order valence-electron chi connectivity index (χ3n) is 6.63. The lowest BCUT2D eigenvalue weighted by atomic mass is 9.93. The van der Waals surface area contributed by atoms with Crippen LogP contribution in [0, 0.1) is 13.8 Å². The third kappa shape index (κ3) is 7.21. The Morgan fingerprint density at radius 2 is 1.51 bits per heavy atom. The minimum atomic E-state index is -0.965. The molecule has 6 nitrogen and oxygen atoms in total. The van der Waals surface area contributed by atoms with Gasteiger partial charge in [0.25, 0.3) is 5.91 Å². The fourth-order valence-electron chi connectivity index (χ4n) is 4.32. The largest absolute Gasteiger partial charge is 0.481 e. The molecule has 1 amide bonds. The number of aliphatic imine (C=N–C) groups is 1. The van der Waals surface area contributed by atoms with Crippen molar-refractivity contribution in [3.05, 3.63) is 136 Å². The Hall–Kier alpha value is -4.88. The van der Waals surface area contributed by atoms with Gasteiger partial charge in [0.05, 0.1) is 5.75 Å². The van der Waals surface area contributed by atoms with Crippen molar-refractivity contribution in [2.24, 2.45) is 4.99 Å². The molecule has 0 unspecified atom stereocenters. The molecule has 1 aliphatic rings. The number of carbonyl (C=O) groups is 2. The van der Waals surface area contributed by atoms with E-state index in [0.29, 0.717) is 5.17 Å². The number of benzene rings is 4. The van der Waals surface area contributed by atoms with Crippen molar-refractivity contribution in [3.8, 4) is 0 Å². The molecule has 0 aliphatic carbocycles. The number of amidine groups is 1. The van der Waals surface area contributed by atoms with Gasteiger partial charge >= 0.3 is 5.97 Å². The highest BCUT2D eigenvalue weighted by atomic mass is 32.2. The molecule has 0 fully saturated rings. The van der Waals surface area contributed by atoms with Crippen LogP contribution in [0.15, 0.2) is 108 Å². The summed E-state index contributed by atoms with van der Waals surface area (Å²) in [5, 5.41) is 15.1. The number of carbonyl (C=O) groups excluding carboxylic acids is 1. The van der Waals surface area contributed by atoms with E-state index in [1.807, 2.05) is 30.3 Å². The van der Waals surface area contributed by atoms with Gasteiger partial charge in [-0.05, 0) is 89.2 Å². The molecule has 204 valence electrons. The first-order valence-corrected chi connectivity index (χ1v) is 14.1. The summed E-state index contributed by atoms with van der Waals surface area (Å²) in [6.07, 6.45) is 3.90. The van der Waals surface area contributed by atoms with E-state index in [9.17, 15) is 9.59 Å². The molecule has 5 rings (SSSR count). The molecule has 0 radical (unpaired) electrons. The minimum Gasteiger partial charge on any atom is -0.481 e. The quantitative estimate of drug-likeness (QED) is 0.156. The zero-order chi connectivity index (χ0) is 28.8. The van der Waals surface area contributed by atoms with Crippen molar-refractivity contribution >= 4 is 57.9 Å². The Morgan fingerprint density at radius 1 is 0.854 bits per heavy atom. The van der Waals surface area contributed by atoms with Crippen LogP contribution in [0.5, 0.6) is 0 Å². The number of carboxylic acids is 1. The number of thioether (sulfide) groups is 1. The topological polar surface area (TPSA) is 90.8 Å². The molecular formula is C34H29N3O3S. The fraction of sp³-hybridized carbons (Fsp3) is 0.0882. The van der Waals surface area contributed by atoms with Crippen LogP contribution in [0.1, 0.15) is 33.4 Å². The van der Waals surface area contributed by atoms with Gasteiger partial charge in [-0.2, -0.15) is 0 Å². The number of hydrogen-bond acceptors (Lipinski definition) is 5. The molecule has 41 heavy (non-hydrogen) atoms. The van der Waals surface area contributed by atoms with Crippen molar-refractivity contribution in [2.45, 2.75) is 13.8 Å². The third-order valence-corrected chi connectivity index (χ3v) is 7.49. The highest BCUT2D eigenvalue weighted by Crippen LogP contribution is 2.28. The standard InChI is InChI=1S/C34H29N3O3S/c1-22-8-13-27(18-23(22)2)30(26-6-4-3-5-7-26)19-24-9-14-28(15-10-24)35-29-16-11-25(12-17-29)20-31-33(40)37-34(36-31)41-21-32(38)39/h3-20,35H,21H2,1-2H3,(H,38,39)(H,36,37,40)/b30-19+,31-20-. The van der Waals surface area contributed by atoms with Gasteiger partial charge in [0.1, 0.15) is 5.70 Å². The van der Waals surface area contributed by atoms with Crippen molar-refractivity contribution in [3.63, 3.8) is 0 Å². The van der Waals surface area contributed by atoms with Crippen LogP contribution in [-0.4, -0.2) is 27.9 Å². The second kappa shape index (κ2) is 12.5. The fourth-order valence-corrected chi connectivity index (χ4v) is 4.91. The lowest BCUT2D eigenvalue weighted by Crippen LogP contribution is -2.22. The maximum Gasteiger partial charge on any atom is 0.313 e. The normalized spacial score (nSPS) is 14.1. The van der Waals surface area contributed by atoms with Gasteiger partial charge < -0.3 is 10.4 Å². The Balaban J connectivity index is 1.30. The first-order valence-electron chi connectivity index (χ1n) is 13.1. The summed E-state index contributed by atoms with van der Waals surface area (Å²) in [5.74, 6) is -1.47. The number of nitrogens with zero attached hydrogens (tertiary/aromatic N) is 1. The van der Waals surface area contributed by atoms with E-state index in [-0.39, 0.29) is 17.4 Å². The summed E-state index contributed by atoms with van der Waals surface area (Å²) in [7, 11) is 0. The molecule has 7 heteroatoms. The summed E-state index contributed by atoms with van der Waals surface area (Å²) < 4.78 is 0. The van der Waals surface area contributed by atoms with Gasteiger partial charge in [-0.3, -0.25) is 14.9 Å². The lowest BCUT2D eigenvalue weighted by molar-refractivity contribution is -0.133. The molecule has 0 spiro atoms. The summed E-state index contributed by atoms with van der Waals surface area (Å²) in [5.41, 5.74) is 10.1. The van der Waals surface area contributed by atoms with Crippen LogP contribution >= 0.6 is 11.8 Å². The number of amides is 1. The molecular weight excluding hydrogens is 530 g/mol. The van der Waals surface area contributed by atoms with E-state index in [4.69, 9.17) is 5.11 Å². The van der Waals surface area contributed by atoms with E-state index in [1.54, 1.807) is 6.08 Å². The predicted octanol–water partition coefficient (Wildman–Crippen LogP) is 7.28. The van der Waals surface area contributed by atoms with E-state index in [0.717, 1.165) is 34.3 Å². The van der Waals surface area contributed by atoms with Crippen LogP contribution in [0.25, 0.3) is 17.7 Å². The SMILES string of the molecule is Cc1ccc(/C(=C/c2ccc(Nc3ccc(/C=C4\N=C(SCC(=O)O)NC4=O)cc3)cc2)c2ccccc2)cc1C. The van der Waals surface area contributed by atoms with Gasteiger partial charge in [-0.25, -0.2) is 4.99 Å². The first-order chi connectivity index (χ1) is 19.8. The van der Waals surface area contributed by atoms with Crippen molar-refractivity contribution < 1.29 is 14.7 Å². The molecule has 0 atom stereocenters. The average molecular weight is 560 g/mol. The summed E-state index contributed by atoms with van der Waals surface area (Å²) in [6, 6.07) is 33.0. The molecule has 0 bridgehead atoms. The zero-order valence-corrected chi connectivity index (χ0v) is 23.5.